The van der Waals surface area contributed by atoms with E-state index in [1.165, 1.54) is 11.3 Å². The first-order chi connectivity index (χ1) is 9.26. The molecule has 1 fully saturated rings. The summed E-state index contributed by atoms with van der Waals surface area (Å²) >= 11 is 1.46. The maximum atomic E-state index is 12.1. The number of hydrogen-bond donors (Lipinski definition) is 0. The highest BCUT2D eigenvalue weighted by Crippen LogP contribution is 2.44. The van der Waals surface area contributed by atoms with Gasteiger partial charge in [0.05, 0.1) is 12.1 Å². The van der Waals surface area contributed by atoms with Crippen molar-refractivity contribution in [3.8, 4) is 11.5 Å². The summed E-state index contributed by atoms with van der Waals surface area (Å²) in [7, 11) is 0. The summed E-state index contributed by atoms with van der Waals surface area (Å²) in [5, 5.41) is 5.74. The first-order valence-corrected chi connectivity index (χ1v) is 7.10. The van der Waals surface area contributed by atoms with Gasteiger partial charge in [0.2, 0.25) is 11.7 Å². The van der Waals surface area contributed by atoms with Crippen LogP contribution in [0, 0.1) is 0 Å². The van der Waals surface area contributed by atoms with E-state index in [-0.39, 0.29) is 5.97 Å². The first kappa shape index (κ1) is 12.3. The molecule has 0 atom stereocenters. The summed E-state index contributed by atoms with van der Waals surface area (Å²) in [5.74, 6) is 0.502. The van der Waals surface area contributed by atoms with Crippen molar-refractivity contribution in [3.63, 3.8) is 0 Å². The van der Waals surface area contributed by atoms with Crippen molar-refractivity contribution in [3.05, 3.63) is 16.8 Å². The molecule has 0 aromatic carbocycles. The number of carbonyl (C=O) groups excluding carboxylic acids is 1. The quantitative estimate of drug-likeness (QED) is 0.798. The van der Waals surface area contributed by atoms with Gasteiger partial charge in [-0.3, -0.25) is 4.79 Å². The van der Waals surface area contributed by atoms with Gasteiger partial charge in [0.1, 0.15) is 11.1 Å². The van der Waals surface area contributed by atoms with Crippen molar-refractivity contribution in [1.82, 2.24) is 15.1 Å². The normalized spacial score (nSPS) is 16.9. The number of nitrogens with zero attached hydrogens (tertiary/aromatic N) is 3. The van der Waals surface area contributed by atoms with E-state index in [0.29, 0.717) is 36.9 Å². The number of rotatable bonds is 4. The molecule has 0 radical (unpaired) electrons. The Hall–Kier alpha value is -1.76. The lowest BCUT2D eigenvalue weighted by atomic mass is 9.68. The zero-order valence-electron chi connectivity index (χ0n) is 10.5. The van der Waals surface area contributed by atoms with Gasteiger partial charge >= 0.3 is 5.97 Å². The molecule has 2 aromatic heterocycles. The summed E-state index contributed by atoms with van der Waals surface area (Å²) < 4.78 is 10.4. The molecular weight excluding hydrogens is 266 g/mol. The molecule has 0 saturated heterocycles. The van der Waals surface area contributed by atoms with E-state index in [0.717, 1.165) is 6.42 Å². The number of esters is 1. The van der Waals surface area contributed by atoms with E-state index in [4.69, 9.17) is 9.26 Å². The molecule has 0 bridgehead atoms. The van der Waals surface area contributed by atoms with Crippen LogP contribution in [0.1, 0.15) is 32.1 Å². The van der Waals surface area contributed by atoms with Crippen molar-refractivity contribution < 1.29 is 14.1 Å². The standard InChI is InChI=1S/C12H13N3O3S/c1-2-17-11(16)12(4-3-5-12)10-14-9(15-18-10)8-6-19-7-13-8/h6-7H,2-5H2,1H3. The molecule has 7 heteroatoms. The lowest BCUT2D eigenvalue weighted by Crippen LogP contribution is -2.44. The van der Waals surface area contributed by atoms with Gasteiger partial charge in [0, 0.05) is 5.38 Å². The van der Waals surface area contributed by atoms with E-state index < -0.39 is 5.41 Å². The summed E-state index contributed by atoms with van der Waals surface area (Å²) in [4.78, 5) is 20.5. The molecule has 19 heavy (non-hydrogen) atoms. The van der Waals surface area contributed by atoms with E-state index in [1.807, 2.05) is 5.38 Å². The van der Waals surface area contributed by atoms with E-state index >= 15 is 0 Å². The average molecular weight is 279 g/mol. The van der Waals surface area contributed by atoms with Gasteiger partial charge in [-0.05, 0) is 19.8 Å². The minimum atomic E-state index is -0.739. The predicted molar refractivity (Wildman–Crippen MR) is 67.6 cm³/mol. The van der Waals surface area contributed by atoms with E-state index in [2.05, 4.69) is 15.1 Å². The van der Waals surface area contributed by atoms with Crippen molar-refractivity contribution in [1.29, 1.82) is 0 Å². The maximum absolute atomic E-state index is 12.1. The molecule has 0 amide bonds. The zero-order valence-corrected chi connectivity index (χ0v) is 11.3. The smallest absolute Gasteiger partial charge is 0.321 e. The molecule has 2 aromatic rings. The molecule has 1 saturated carbocycles. The largest absolute Gasteiger partial charge is 0.465 e. The van der Waals surface area contributed by atoms with Crippen LogP contribution in [0.5, 0.6) is 0 Å². The maximum Gasteiger partial charge on any atom is 0.321 e. The molecule has 2 heterocycles. The Morgan fingerprint density at radius 1 is 1.58 bits per heavy atom. The number of carbonyl (C=O) groups is 1. The summed E-state index contributed by atoms with van der Waals surface area (Å²) in [5.41, 5.74) is 1.63. The number of thiazole rings is 1. The van der Waals surface area contributed by atoms with Crippen molar-refractivity contribution >= 4 is 17.3 Å². The number of hydrogen-bond acceptors (Lipinski definition) is 7. The van der Waals surface area contributed by atoms with Gasteiger partial charge in [0.25, 0.3) is 0 Å². The van der Waals surface area contributed by atoms with Crippen LogP contribution in [0.25, 0.3) is 11.5 Å². The number of aromatic nitrogens is 3. The fourth-order valence-electron chi connectivity index (χ4n) is 2.15. The summed E-state index contributed by atoms with van der Waals surface area (Å²) in [6.45, 7) is 2.15. The molecule has 0 unspecified atom stereocenters. The Kier molecular flexibility index (Phi) is 3.06. The minimum absolute atomic E-state index is 0.269. The van der Waals surface area contributed by atoms with Gasteiger partial charge in [-0.1, -0.05) is 11.6 Å². The monoisotopic (exact) mass is 279 g/mol. The second-order valence-corrected chi connectivity index (χ2v) is 5.17. The first-order valence-electron chi connectivity index (χ1n) is 6.16. The lowest BCUT2D eigenvalue weighted by molar-refractivity contribution is -0.155. The highest BCUT2D eigenvalue weighted by Gasteiger charge is 2.52. The van der Waals surface area contributed by atoms with Crippen LogP contribution in [-0.2, 0) is 14.9 Å². The van der Waals surface area contributed by atoms with E-state index in [9.17, 15) is 4.79 Å². The Labute approximate surface area is 113 Å². The topological polar surface area (TPSA) is 78.1 Å². The molecule has 1 aliphatic carbocycles. The third kappa shape index (κ3) is 1.94. The van der Waals surface area contributed by atoms with Gasteiger partial charge in [-0.15, -0.1) is 11.3 Å². The fourth-order valence-corrected chi connectivity index (χ4v) is 2.68. The number of ether oxygens (including phenoxy) is 1. The Bertz CT molecular complexity index is 575. The van der Waals surface area contributed by atoms with Crippen LogP contribution in [0.4, 0.5) is 0 Å². The van der Waals surface area contributed by atoms with Crippen LogP contribution >= 0.6 is 11.3 Å². The summed E-state index contributed by atoms with van der Waals surface area (Å²) in [6, 6.07) is 0. The van der Waals surface area contributed by atoms with Crippen LogP contribution in [0.3, 0.4) is 0 Å². The molecule has 0 N–H and O–H groups in total. The molecule has 100 valence electrons. The Morgan fingerprint density at radius 3 is 3.00 bits per heavy atom. The average Bonchev–Trinajstić information content (AvgIpc) is 2.97. The van der Waals surface area contributed by atoms with Crippen LogP contribution in [0.2, 0.25) is 0 Å². The van der Waals surface area contributed by atoms with Crippen molar-refractivity contribution in [2.75, 3.05) is 6.61 Å². The molecule has 0 aliphatic heterocycles. The van der Waals surface area contributed by atoms with Crippen LogP contribution in [0.15, 0.2) is 15.4 Å². The SMILES string of the molecule is CCOC(=O)C1(c2nc(-c3cscn3)no2)CCC1. The predicted octanol–water partition coefficient (Wildman–Crippen LogP) is 2.18. The van der Waals surface area contributed by atoms with Crippen LogP contribution in [-0.4, -0.2) is 27.7 Å². The van der Waals surface area contributed by atoms with Gasteiger partial charge in [-0.25, -0.2) is 4.98 Å². The van der Waals surface area contributed by atoms with Gasteiger partial charge in [0.15, 0.2) is 0 Å². The Morgan fingerprint density at radius 2 is 2.42 bits per heavy atom. The highest BCUT2D eigenvalue weighted by atomic mass is 32.1. The molecular formula is C12H13N3O3S. The molecule has 3 rings (SSSR count). The summed E-state index contributed by atoms with van der Waals surface area (Å²) in [6.07, 6.45) is 2.36. The lowest BCUT2D eigenvalue weighted by Gasteiger charge is -2.35. The third-order valence-corrected chi connectivity index (χ3v) is 3.96. The molecule has 0 spiro atoms. The highest BCUT2D eigenvalue weighted by molar-refractivity contribution is 7.07. The second-order valence-electron chi connectivity index (χ2n) is 4.45. The van der Waals surface area contributed by atoms with Gasteiger partial charge in [-0.2, -0.15) is 4.98 Å². The van der Waals surface area contributed by atoms with Crippen LogP contribution < -0.4 is 0 Å². The minimum Gasteiger partial charge on any atom is -0.465 e. The molecule has 6 nitrogen and oxygen atoms in total. The van der Waals surface area contributed by atoms with Crippen molar-refractivity contribution in [2.45, 2.75) is 31.6 Å². The second kappa shape index (κ2) is 4.73. The van der Waals surface area contributed by atoms with Gasteiger partial charge < -0.3 is 9.26 Å². The third-order valence-electron chi connectivity index (χ3n) is 3.37. The van der Waals surface area contributed by atoms with E-state index in [1.54, 1.807) is 12.4 Å². The van der Waals surface area contributed by atoms with Crippen molar-refractivity contribution in [2.24, 2.45) is 0 Å². The fraction of sp³-hybridized carbons (Fsp3) is 0.500. The Balaban J connectivity index is 1.91. The molecule has 1 aliphatic rings. The zero-order chi connectivity index (χ0) is 13.3.